The van der Waals surface area contributed by atoms with E-state index in [2.05, 4.69) is 49.9 Å². The van der Waals surface area contributed by atoms with Crippen LogP contribution in [0, 0.1) is 6.92 Å². The first-order valence-corrected chi connectivity index (χ1v) is 4.43. The Bertz CT molecular complexity index is 453. The standard InChI is InChI=1S/C13H12/c1-3-11-7-8-12-6-4-5-10(2)13(12)9-11/h3-9H,1H2,2H3. The molecule has 0 N–H and O–H groups in total. The van der Waals surface area contributed by atoms with Gasteiger partial charge in [0.15, 0.2) is 0 Å². The summed E-state index contributed by atoms with van der Waals surface area (Å²) in [6.07, 6.45) is 1.88. The first-order chi connectivity index (χ1) is 6.31. The average molecular weight is 168 g/mol. The molecule has 0 atom stereocenters. The maximum atomic E-state index is 3.77. The fraction of sp³-hybridized carbons (Fsp3) is 0.0769. The van der Waals surface area contributed by atoms with Crippen molar-refractivity contribution in [2.45, 2.75) is 6.92 Å². The molecule has 0 spiro atoms. The van der Waals surface area contributed by atoms with Crippen LogP contribution in [-0.4, -0.2) is 0 Å². The molecule has 0 aliphatic heterocycles. The van der Waals surface area contributed by atoms with Gasteiger partial charge in [-0.1, -0.05) is 43.0 Å². The number of aryl methyl sites for hydroxylation is 1. The minimum atomic E-state index is 1.18. The van der Waals surface area contributed by atoms with E-state index in [-0.39, 0.29) is 0 Å². The van der Waals surface area contributed by atoms with Crippen LogP contribution in [0.5, 0.6) is 0 Å². The maximum absolute atomic E-state index is 3.77. The fourth-order valence-electron chi connectivity index (χ4n) is 1.57. The highest BCUT2D eigenvalue weighted by molar-refractivity contribution is 5.87. The van der Waals surface area contributed by atoms with Gasteiger partial charge in [0.1, 0.15) is 0 Å². The average Bonchev–Trinajstić information content (AvgIpc) is 2.18. The highest BCUT2D eigenvalue weighted by Gasteiger charge is 1.95. The van der Waals surface area contributed by atoms with E-state index in [1.165, 1.54) is 21.9 Å². The highest BCUT2D eigenvalue weighted by atomic mass is 14.0. The summed E-state index contributed by atoms with van der Waals surface area (Å²) >= 11 is 0. The molecule has 2 aromatic carbocycles. The van der Waals surface area contributed by atoms with Crippen molar-refractivity contribution < 1.29 is 0 Å². The second kappa shape index (κ2) is 3.06. The molecular weight excluding hydrogens is 156 g/mol. The Morgan fingerprint density at radius 2 is 2.00 bits per heavy atom. The van der Waals surface area contributed by atoms with Crippen LogP contribution < -0.4 is 0 Å². The Kier molecular flexibility index (Phi) is 1.90. The summed E-state index contributed by atoms with van der Waals surface area (Å²) in [5.41, 5.74) is 2.50. The molecule has 0 heteroatoms. The molecule has 0 heterocycles. The molecule has 0 amide bonds. The monoisotopic (exact) mass is 168 g/mol. The molecule has 13 heavy (non-hydrogen) atoms. The number of rotatable bonds is 1. The zero-order valence-corrected chi connectivity index (χ0v) is 7.75. The summed E-state index contributed by atoms with van der Waals surface area (Å²) in [7, 11) is 0. The topological polar surface area (TPSA) is 0 Å². The number of fused-ring (bicyclic) bond motifs is 1. The van der Waals surface area contributed by atoms with Crippen LogP contribution in [0.2, 0.25) is 0 Å². The molecule has 0 aromatic heterocycles. The minimum absolute atomic E-state index is 1.18. The normalized spacial score (nSPS) is 10.2. The lowest BCUT2D eigenvalue weighted by Crippen LogP contribution is -1.79. The molecule has 0 aliphatic carbocycles. The van der Waals surface area contributed by atoms with Crippen molar-refractivity contribution in [3.63, 3.8) is 0 Å². The van der Waals surface area contributed by atoms with Crippen molar-refractivity contribution in [2.24, 2.45) is 0 Å². The van der Waals surface area contributed by atoms with Crippen molar-refractivity contribution in [1.29, 1.82) is 0 Å². The third-order valence-electron chi connectivity index (χ3n) is 2.36. The van der Waals surface area contributed by atoms with Gasteiger partial charge in [0.2, 0.25) is 0 Å². The van der Waals surface area contributed by atoms with Crippen LogP contribution in [0.1, 0.15) is 11.1 Å². The van der Waals surface area contributed by atoms with E-state index >= 15 is 0 Å². The van der Waals surface area contributed by atoms with Crippen molar-refractivity contribution in [3.8, 4) is 0 Å². The van der Waals surface area contributed by atoms with E-state index in [1.807, 2.05) is 6.08 Å². The third-order valence-corrected chi connectivity index (χ3v) is 2.36. The summed E-state index contributed by atoms with van der Waals surface area (Å²) in [4.78, 5) is 0. The predicted molar refractivity (Wildman–Crippen MR) is 58.8 cm³/mol. The molecule has 0 saturated carbocycles. The summed E-state index contributed by atoms with van der Waals surface area (Å²) in [5, 5.41) is 2.62. The molecule has 2 aromatic rings. The van der Waals surface area contributed by atoms with Gasteiger partial charge in [-0.05, 0) is 34.9 Å². The molecule has 0 radical (unpaired) electrons. The third kappa shape index (κ3) is 1.35. The first-order valence-electron chi connectivity index (χ1n) is 4.43. The number of hydrogen-bond acceptors (Lipinski definition) is 0. The van der Waals surface area contributed by atoms with Crippen LogP contribution in [0.4, 0.5) is 0 Å². The fourth-order valence-corrected chi connectivity index (χ4v) is 1.57. The van der Waals surface area contributed by atoms with E-state index in [9.17, 15) is 0 Å². The second-order valence-corrected chi connectivity index (χ2v) is 3.26. The molecule has 0 bridgehead atoms. The zero-order valence-electron chi connectivity index (χ0n) is 7.75. The summed E-state index contributed by atoms with van der Waals surface area (Å²) in [6.45, 7) is 5.90. The lowest BCUT2D eigenvalue weighted by atomic mass is 10.0. The maximum Gasteiger partial charge on any atom is -0.0149 e. The summed E-state index contributed by atoms with van der Waals surface area (Å²) in [6, 6.07) is 12.8. The van der Waals surface area contributed by atoms with Crippen LogP contribution in [0.25, 0.3) is 16.8 Å². The molecule has 0 saturated heterocycles. The van der Waals surface area contributed by atoms with E-state index in [4.69, 9.17) is 0 Å². The number of hydrogen-bond donors (Lipinski definition) is 0. The molecule has 64 valence electrons. The summed E-state index contributed by atoms with van der Waals surface area (Å²) in [5.74, 6) is 0. The van der Waals surface area contributed by atoms with E-state index in [0.29, 0.717) is 0 Å². The van der Waals surface area contributed by atoms with Crippen LogP contribution >= 0.6 is 0 Å². The Morgan fingerprint density at radius 3 is 2.77 bits per heavy atom. The molecule has 0 nitrogen and oxygen atoms in total. The Labute approximate surface area is 78.5 Å². The van der Waals surface area contributed by atoms with Crippen molar-refractivity contribution in [2.75, 3.05) is 0 Å². The lowest BCUT2D eigenvalue weighted by Gasteiger charge is -2.02. The van der Waals surface area contributed by atoms with Gasteiger partial charge in [-0.15, -0.1) is 0 Å². The molecule has 0 fully saturated rings. The van der Waals surface area contributed by atoms with Gasteiger partial charge in [-0.3, -0.25) is 0 Å². The van der Waals surface area contributed by atoms with E-state index in [0.717, 1.165) is 0 Å². The Hall–Kier alpha value is -1.56. The molecule has 0 unspecified atom stereocenters. The van der Waals surface area contributed by atoms with E-state index in [1.54, 1.807) is 0 Å². The van der Waals surface area contributed by atoms with Gasteiger partial charge < -0.3 is 0 Å². The van der Waals surface area contributed by atoms with Gasteiger partial charge in [0.25, 0.3) is 0 Å². The number of benzene rings is 2. The second-order valence-electron chi connectivity index (χ2n) is 3.26. The predicted octanol–water partition coefficient (Wildman–Crippen LogP) is 3.79. The van der Waals surface area contributed by atoms with Crippen LogP contribution in [-0.2, 0) is 0 Å². The molecule has 2 rings (SSSR count). The minimum Gasteiger partial charge on any atom is -0.0985 e. The van der Waals surface area contributed by atoms with Gasteiger partial charge >= 0.3 is 0 Å². The van der Waals surface area contributed by atoms with Crippen molar-refractivity contribution in [3.05, 3.63) is 54.1 Å². The summed E-state index contributed by atoms with van der Waals surface area (Å²) < 4.78 is 0. The van der Waals surface area contributed by atoms with Crippen molar-refractivity contribution in [1.82, 2.24) is 0 Å². The van der Waals surface area contributed by atoms with Gasteiger partial charge in [0, 0.05) is 0 Å². The van der Waals surface area contributed by atoms with Gasteiger partial charge in [-0.2, -0.15) is 0 Å². The quantitative estimate of drug-likeness (QED) is 0.607. The van der Waals surface area contributed by atoms with Crippen LogP contribution in [0.3, 0.4) is 0 Å². The SMILES string of the molecule is C=Cc1ccc2cccc(C)c2c1. The first kappa shape index (κ1) is 8.06. The zero-order chi connectivity index (χ0) is 9.26. The van der Waals surface area contributed by atoms with Gasteiger partial charge in [0.05, 0.1) is 0 Å². The van der Waals surface area contributed by atoms with Crippen LogP contribution in [0.15, 0.2) is 43.0 Å². The highest BCUT2D eigenvalue weighted by Crippen LogP contribution is 2.19. The van der Waals surface area contributed by atoms with Gasteiger partial charge in [-0.25, -0.2) is 0 Å². The Morgan fingerprint density at radius 1 is 1.15 bits per heavy atom. The largest absolute Gasteiger partial charge is 0.0985 e. The lowest BCUT2D eigenvalue weighted by molar-refractivity contribution is 1.53. The smallest absolute Gasteiger partial charge is 0.0149 e. The van der Waals surface area contributed by atoms with E-state index < -0.39 is 0 Å². The Balaban J connectivity index is 2.81. The van der Waals surface area contributed by atoms with Crippen molar-refractivity contribution >= 4 is 16.8 Å². The molecular formula is C13H12. The molecule has 0 aliphatic rings.